The van der Waals surface area contributed by atoms with Gasteiger partial charge in [0.05, 0.1) is 6.07 Å². The monoisotopic (exact) mass is 624 g/mol. The maximum Gasteiger partial charge on any atom is 4.00 e. The van der Waals surface area contributed by atoms with Gasteiger partial charge in [0.25, 0.3) is 0 Å². The van der Waals surface area contributed by atoms with Crippen molar-refractivity contribution in [1.29, 1.82) is 5.26 Å². The van der Waals surface area contributed by atoms with E-state index in [0.29, 0.717) is 0 Å². The minimum absolute atomic E-state index is 0. The smallest absolute Gasteiger partial charge is 0.504 e. The second kappa shape index (κ2) is 32.0. The van der Waals surface area contributed by atoms with E-state index >= 15 is 0 Å². The Bertz CT molecular complexity index is 853. The molecule has 0 aliphatic rings. The number of phenols is 6. The van der Waals surface area contributed by atoms with E-state index in [9.17, 15) is 0 Å². The third-order valence-electron chi connectivity index (χ3n) is 5.33. The molecular formula is C32H51N3O6V+4. The molecule has 0 heterocycles. The van der Waals surface area contributed by atoms with Crippen molar-refractivity contribution in [1.82, 2.24) is 9.80 Å². The molecule has 0 amide bonds. The largest absolute Gasteiger partial charge is 4.00 e. The van der Waals surface area contributed by atoms with Gasteiger partial charge in [-0.1, -0.05) is 77.9 Å². The van der Waals surface area contributed by atoms with Gasteiger partial charge < -0.3 is 40.4 Å². The first-order valence-corrected chi connectivity index (χ1v) is 13.7. The number of rotatable bonds is 6. The van der Waals surface area contributed by atoms with Gasteiger partial charge in [0.2, 0.25) is 0 Å². The Hall–Kier alpha value is -3.55. The molecule has 0 aliphatic carbocycles. The summed E-state index contributed by atoms with van der Waals surface area (Å²) in [7, 11) is 0. The molecule has 1 radical (unpaired) electrons. The molecule has 0 fully saturated rings. The fourth-order valence-electron chi connectivity index (χ4n) is 2.73. The predicted octanol–water partition coefficient (Wildman–Crippen LogP) is 6.52. The zero-order valence-corrected chi connectivity index (χ0v) is 27.5. The molecule has 9 nitrogen and oxygen atoms in total. The van der Waals surface area contributed by atoms with Crippen molar-refractivity contribution in [3.63, 3.8) is 0 Å². The van der Waals surface area contributed by atoms with Crippen molar-refractivity contribution in [2.45, 2.75) is 48.5 Å². The molecule has 0 saturated carbocycles. The maximum absolute atomic E-state index is 8.67. The summed E-state index contributed by atoms with van der Waals surface area (Å²) in [5.74, 6) is -0.458. The number of benzene rings is 3. The molecule has 0 bridgehead atoms. The average molecular weight is 625 g/mol. The SMILES string of the molecule is CC#N.CCN(CC)CC.CCN(CC)CC.Oc1ccccc1O.Oc1ccccc1O.Oc1ccccc1O.[V+4]. The topological polar surface area (TPSA) is 152 Å². The number of nitrogens with zero attached hydrogens (tertiary/aromatic N) is 3. The van der Waals surface area contributed by atoms with Gasteiger partial charge in [0.1, 0.15) is 0 Å². The van der Waals surface area contributed by atoms with E-state index in [1.807, 2.05) is 0 Å². The minimum atomic E-state index is -0.0764. The number of phenolic OH excluding ortho intramolecular Hbond substituents is 6. The fourth-order valence-corrected chi connectivity index (χ4v) is 2.73. The van der Waals surface area contributed by atoms with Crippen LogP contribution in [0.3, 0.4) is 0 Å². The van der Waals surface area contributed by atoms with Crippen LogP contribution in [0, 0.1) is 11.3 Å². The van der Waals surface area contributed by atoms with E-state index < -0.39 is 0 Å². The standard InChI is InChI=1S/2C6H15N.3C6H6O2.C2H3N.V/c2*1-4-7(5-2)6-3;3*7-5-3-1-2-4-6(5)8;1-2-3;/h2*4-6H2,1-3H3;3*1-4,7-8H;1H3;/q;;;;;;+4. The Morgan fingerprint density at radius 1 is 0.452 bits per heavy atom. The Kier molecular flexibility index (Phi) is 34.6. The quantitative estimate of drug-likeness (QED) is 0.169. The summed E-state index contributed by atoms with van der Waals surface area (Å²) < 4.78 is 0. The van der Waals surface area contributed by atoms with E-state index in [1.165, 1.54) is 82.6 Å². The normalized spacial score (nSPS) is 8.76. The van der Waals surface area contributed by atoms with Crippen LogP contribution in [0.25, 0.3) is 0 Å². The molecule has 6 N–H and O–H groups in total. The second-order valence-corrected chi connectivity index (χ2v) is 7.93. The summed E-state index contributed by atoms with van der Waals surface area (Å²) in [6.45, 7) is 21.7. The van der Waals surface area contributed by atoms with Crippen molar-refractivity contribution in [3.8, 4) is 40.6 Å². The van der Waals surface area contributed by atoms with Crippen molar-refractivity contribution in [3.05, 3.63) is 72.8 Å². The summed E-state index contributed by atoms with van der Waals surface area (Å²) in [5, 5.41) is 59.3. The molecule has 0 unspecified atom stereocenters. The molecule has 10 heteroatoms. The average Bonchev–Trinajstić information content (AvgIpc) is 2.97. The van der Waals surface area contributed by atoms with Crippen LogP contribution in [0.15, 0.2) is 72.8 Å². The predicted molar refractivity (Wildman–Crippen MR) is 168 cm³/mol. The van der Waals surface area contributed by atoms with Crippen LogP contribution in [0.5, 0.6) is 34.5 Å². The first kappa shape index (κ1) is 45.4. The van der Waals surface area contributed by atoms with Crippen LogP contribution in [0.1, 0.15) is 48.5 Å². The third-order valence-corrected chi connectivity index (χ3v) is 5.33. The van der Waals surface area contributed by atoms with Crippen LogP contribution >= 0.6 is 0 Å². The fraction of sp³-hybridized carbons (Fsp3) is 0.406. The van der Waals surface area contributed by atoms with Gasteiger partial charge in [0.15, 0.2) is 34.5 Å². The molecule has 231 valence electrons. The summed E-state index contributed by atoms with van der Waals surface area (Å²) in [6, 6.07) is 20.2. The molecule has 3 rings (SSSR count). The first-order valence-electron chi connectivity index (χ1n) is 13.7. The van der Waals surface area contributed by atoms with Gasteiger partial charge in [-0.3, -0.25) is 0 Å². The van der Waals surface area contributed by atoms with E-state index in [-0.39, 0.29) is 53.1 Å². The molecule has 0 atom stereocenters. The van der Waals surface area contributed by atoms with E-state index in [2.05, 4.69) is 51.3 Å². The number of hydrogen-bond acceptors (Lipinski definition) is 9. The van der Waals surface area contributed by atoms with Crippen LogP contribution in [0.4, 0.5) is 0 Å². The summed E-state index contributed by atoms with van der Waals surface area (Å²) in [5.41, 5.74) is 0. The molecule has 0 saturated heterocycles. The number of hydrogen-bond donors (Lipinski definition) is 6. The summed E-state index contributed by atoms with van der Waals surface area (Å²) >= 11 is 0. The molecule has 3 aromatic rings. The Morgan fingerprint density at radius 3 is 0.619 bits per heavy atom. The van der Waals surface area contributed by atoms with Crippen LogP contribution < -0.4 is 0 Å². The van der Waals surface area contributed by atoms with Crippen molar-refractivity contribution in [2.75, 3.05) is 39.3 Å². The third kappa shape index (κ3) is 26.7. The first-order chi connectivity index (χ1) is 19.5. The molecule has 3 aromatic carbocycles. The van der Waals surface area contributed by atoms with Crippen molar-refractivity contribution < 1.29 is 49.2 Å². The summed E-state index contributed by atoms with van der Waals surface area (Å²) in [4.78, 5) is 4.75. The summed E-state index contributed by atoms with van der Waals surface area (Å²) in [6.07, 6.45) is 0. The van der Waals surface area contributed by atoms with Crippen molar-refractivity contribution in [2.24, 2.45) is 0 Å². The Morgan fingerprint density at radius 2 is 0.571 bits per heavy atom. The van der Waals surface area contributed by atoms with E-state index in [4.69, 9.17) is 35.9 Å². The van der Waals surface area contributed by atoms with Gasteiger partial charge in [-0.2, -0.15) is 5.26 Å². The van der Waals surface area contributed by atoms with Gasteiger partial charge in [-0.25, -0.2) is 0 Å². The second-order valence-electron chi connectivity index (χ2n) is 7.93. The molecule has 0 spiro atoms. The zero-order valence-electron chi connectivity index (χ0n) is 26.1. The zero-order chi connectivity index (χ0) is 32.1. The van der Waals surface area contributed by atoms with E-state index in [1.54, 1.807) is 42.5 Å². The molecule has 42 heavy (non-hydrogen) atoms. The Labute approximate surface area is 264 Å². The van der Waals surface area contributed by atoms with Crippen LogP contribution in [-0.4, -0.2) is 79.7 Å². The number of aromatic hydroxyl groups is 6. The van der Waals surface area contributed by atoms with E-state index in [0.717, 1.165) is 0 Å². The number of nitriles is 1. The molecule has 0 aromatic heterocycles. The van der Waals surface area contributed by atoms with Gasteiger partial charge in [-0.05, 0) is 75.7 Å². The minimum Gasteiger partial charge on any atom is -0.504 e. The number of para-hydroxylation sites is 6. The van der Waals surface area contributed by atoms with Crippen LogP contribution in [0.2, 0.25) is 0 Å². The maximum atomic E-state index is 8.67. The van der Waals surface area contributed by atoms with Crippen molar-refractivity contribution >= 4 is 0 Å². The molecule has 0 aliphatic heterocycles. The van der Waals surface area contributed by atoms with Gasteiger partial charge in [-0.15, -0.1) is 0 Å². The van der Waals surface area contributed by atoms with Gasteiger partial charge in [0, 0.05) is 6.92 Å². The Balaban J connectivity index is -0.000000209. The van der Waals surface area contributed by atoms with Gasteiger partial charge >= 0.3 is 18.6 Å². The van der Waals surface area contributed by atoms with Crippen LogP contribution in [-0.2, 0) is 18.6 Å². The molecular weight excluding hydrogens is 573 g/mol.